The lowest BCUT2D eigenvalue weighted by Gasteiger charge is -2.17. The number of hydrogen-bond acceptors (Lipinski definition) is 7. The maximum Gasteiger partial charge on any atom is 0.323 e. The van der Waals surface area contributed by atoms with Crippen LogP contribution < -0.4 is 10.5 Å². The van der Waals surface area contributed by atoms with Gasteiger partial charge in [0.25, 0.3) is 0 Å². The van der Waals surface area contributed by atoms with Gasteiger partial charge in [0.1, 0.15) is 12.6 Å². The number of ether oxygens (including phenoxy) is 2. The van der Waals surface area contributed by atoms with E-state index in [9.17, 15) is 9.90 Å². The fourth-order valence-electron chi connectivity index (χ4n) is 2.32. The van der Waals surface area contributed by atoms with Crippen LogP contribution in [0.25, 0.3) is 0 Å². The van der Waals surface area contributed by atoms with Gasteiger partial charge in [0, 0.05) is 12.0 Å². The number of carbonyl (C=O) groups is 1. The summed E-state index contributed by atoms with van der Waals surface area (Å²) in [6.07, 6.45) is 0.944. The Morgan fingerprint density at radius 2 is 2.29 bits per heavy atom. The van der Waals surface area contributed by atoms with Crippen LogP contribution in [0, 0.1) is 5.92 Å². The zero-order valence-corrected chi connectivity index (χ0v) is 14.2. The van der Waals surface area contributed by atoms with Crippen LogP contribution in [0.5, 0.6) is 11.5 Å². The standard InChI is InChI=1S/C17H24N2O5/c1-4-10(2)16(18)17(21)23-9-12-8-13(19-24-12)11-5-6-15(22-3)14(20)7-11/h5-7,10,12,16,20H,4,8-9,18H2,1-3H3/t10-,12?,16-/m0/s1. The molecule has 1 aliphatic rings. The molecule has 0 saturated carbocycles. The number of phenols is 1. The average Bonchev–Trinajstić information content (AvgIpc) is 3.07. The molecule has 1 aliphatic heterocycles. The molecule has 24 heavy (non-hydrogen) atoms. The van der Waals surface area contributed by atoms with Gasteiger partial charge in [0.15, 0.2) is 17.6 Å². The molecule has 0 aliphatic carbocycles. The molecule has 1 aromatic rings. The number of nitrogens with two attached hydrogens (primary N) is 1. The average molecular weight is 336 g/mol. The SMILES string of the molecule is CC[C@H](C)[C@H](N)C(=O)OCC1CC(c2ccc(OC)c(O)c2)=NO1. The Kier molecular flexibility index (Phi) is 6.03. The summed E-state index contributed by atoms with van der Waals surface area (Å²) in [5.74, 6) is 0.0643. The van der Waals surface area contributed by atoms with Crippen molar-refractivity contribution in [2.75, 3.05) is 13.7 Å². The number of phenolic OH excluding ortho intramolecular Hbond substituents is 1. The van der Waals surface area contributed by atoms with E-state index in [1.54, 1.807) is 18.2 Å². The molecule has 3 N–H and O–H groups in total. The molecule has 1 unspecified atom stereocenters. The second kappa shape index (κ2) is 8.01. The Morgan fingerprint density at radius 1 is 1.54 bits per heavy atom. The Morgan fingerprint density at radius 3 is 2.92 bits per heavy atom. The number of nitrogens with zero attached hydrogens (tertiary/aromatic N) is 1. The second-order valence-corrected chi connectivity index (χ2v) is 5.90. The summed E-state index contributed by atoms with van der Waals surface area (Å²) in [7, 11) is 1.49. The Balaban J connectivity index is 1.87. The molecule has 0 saturated heterocycles. The third-order valence-electron chi connectivity index (χ3n) is 4.19. The van der Waals surface area contributed by atoms with Gasteiger partial charge in [-0.05, 0) is 24.1 Å². The number of benzene rings is 1. The maximum atomic E-state index is 11.9. The summed E-state index contributed by atoms with van der Waals surface area (Å²) in [6.45, 7) is 3.98. The van der Waals surface area contributed by atoms with E-state index in [-0.39, 0.29) is 24.4 Å². The zero-order chi connectivity index (χ0) is 17.7. The fourth-order valence-corrected chi connectivity index (χ4v) is 2.32. The zero-order valence-electron chi connectivity index (χ0n) is 14.2. The van der Waals surface area contributed by atoms with Crippen molar-refractivity contribution in [3.05, 3.63) is 23.8 Å². The molecule has 7 nitrogen and oxygen atoms in total. The van der Waals surface area contributed by atoms with Crippen LogP contribution in [-0.2, 0) is 14.4 Å². The van der Waals surface area contributed by atoms with Gasteiger partial charge in [-0.15, -0.1) is 0 Å². The lowest BCUT2D eigenvalue weighted by atomic mass is 10.0. The molecule has 0 radical (unpaired) electrons. The van der Waals surface area contributed by atoms with Crippen molar-refractivity contribution >= 4 is 11.7 Å². The van der Waals surface area contributed by atoms with Gasteiger partial charge in [0.2, 0.25) is 0 Å². The summed E-state index contributed by atoms with van der Waals surface area (Å²) in [5.41, 5.74) is 7.25. The maximum absolute atomic E-state index is 11.9. The van der Waals surface area contributed by atoms with Crippen LogP contribution in [-0.4, -0.2) is 42.7 Å². The number of esters is 1. The van der Waals surface area contributed by atoms with E-state index in [4.69, 9.17) is 20.0 Å². The number of carbonyl (C=O) groups excluding carboxylic acids is 1. The molecule has 0 amide bonds. The molecule has 3 atom stereocenters. The van der Waals surface area contributed by atoms with Crippen LogP contribution >= 0.6 is 0 Å². The quantitative estimate of drug-likeness (QED) is 0.736. The minimum atomic E-state index is -0.629. The first-order valence-electron chi connectivity index (χ1n) is 7.98. The highest BCUT2D eigenvalue weighted by Gasteiger charge is 2.27. The first kappa shape index (κ1) is 18.1. The van der Waals surface area contributed by atoms with Crippen molar-refractivity contribution in [1.82, 2.24) is 0 Å². The molecule has 2 rings (SSSR count). The Bertz CT molecular complexity index is 617. The van der Waals surface area contributed by atoms with E-state index in [2.05, 4.69) is 5.16 Å². The molecule has 0 spiro atoms. The number of methoxy groups -OCH3 is 1. The van der Waals surface area contributed by atoms with Crippen molar-refractivity contribution in [3.63, 3.8) is 0 Å². The highest BCUT2D eigenvalue weighted by atomic mass is 16.7. The topological polar surface area (TPSA) is 103 Å². The predicted octanol–water partition coefficient (Wildman–Crippen LogP) is 1.81. The summed E-state index contributed by atoms with van der Waals surface area (Å²) in [6, 6.07) is 4.38. The van der Waals surface area contributed by atoms with Crippen molar-refractivity contribution in [3.8, 4) is 11.5 Å². The molecule has 1 aromatic carbocycles. The van der Waals surface area contributed by atoms with Crippen molar-refractivity contribution in [2.45, 2.75) is 38.8 Å². The minimum absolute atomic E-state index is 0.0344. The monoisotopic (exact) mass is 336 g/mol. The van der Waals surface area contributed by atoms with Gasteiger partial charge in [-0.1, -0.05) is 25.4 Å². The van der Waals surface area contributed by atoms with Gasteiger partial charge < -0.3 is 25.2 Å². The lowest BCUT2D eigenvalue weighted by molar-refractivity contribution is -0.150. The van der Waals surface area contributed by atoms with Gasteiger partial charge in [-0.3, -0.25) is 4.79 Å². The molecule has 0 bridgehead atoms. The summed E-state index contributed by atoms with van der Waals surface area (Å²) in [4.78, 5) is 17.2. The summed E-state index contributed by atoms with van der Waals surface area (Å²) >= 11 is 0. The summed E-state index contributed by atoms with van der Waals surface area (Å²) in [5, 5.41) is 13.8. The van der Waals surface area contributed by atoms with Crippen LogP contribution in [0.4, 0.5) is 0 Å². The van der Waals surface area contributed by atoms with E-state index in [0.29, 0.717) is 17.9 Å². The largest absolute Gasteiger partial charge is 0.504 e. The van der Waals surface area contributed by atoms with E-state index >= 15 is 0 Å². The molecule has 132 valence electrons. The highest BCUT2D eigenvalue weighted by molar-refractivity contribution is 6.01. The molecular formula is C17H24N2O5. The number of oxime groups is 1. The lowest BCUT2D eigenvalue weighted by Crippen LogP contribution is -2.39. The molecule has 1 heterocycles. The second-order valence-electron chi connectivity index (χ2n) is 5.90. The summed E-state index contributed by atoms with van der Waals surface area (Å²) < 4.78 is 10.2. The predicted molar refractivity (Wildman–Crippen MR) is 89.1 cm³/mol. The van der Waals surface area contributed by atoms with Crippen molar-refractivity contribution < 1.29 is 24.2 Å². The number of rotatable bonds is 7. The highest BCUT2D eigenvalue weighted by Crippen LogP contribution is 2.28. The van der Waals surface area contributed by atoms with Crippen LogP contribution in [0.2, 0.25) is 0 Å². The third kappa shape index (κ3) is 4.17. The van der Waals surface area contributed by atoms with Gasteiger partial charge in [0.05, 0.1) is 12.8 Å². The number of hydrogen-bond donors (Lipinski definition) is 2. The van der Waals surface area contributed by atoms with Crippen molar-refractivity contribution in [2.24, 2.45) is 16.8 Å². The molecule has 7 heteroatoms. The first-order chi connectivity index (χ1) is 11.5. The Labute approximate surface area is 141 Å². The van der Waals surface area contributed by atoms with E-state index in [1.165, 1.54) is 7.11 Å². The number of aromatic hydroxyl groups is 1. The van der Waals surface area contributed by atoms with Gasteiger partial charge in [-0.2, -0.15) is 0 Å². The normalized spacial score (nSPS) is 19.2. The van der Waals surface area contributed by atoms with Crippen LogP contribution in [0.1, 0.15) is 32.3 Å². The fraction of sp³-hybridized carbons (Fsp3) is 0.529. The van der Waals surface area contributed by atoms with Crippen LogP contribution in [0.3, 0.4) is 0 Å². The van der Waals surface area contributed by atoms with E-state index in [1.807, 2.05) is 13.8 Å². The van der Waals surface area contributed by atoms with Crippen LogP contribution in [0.15, 0.2) is 23.4 Å². The molecule has 0 aromatic heterocycles. The molecular weight excluding hydrogens is 312 g/mol. The minimum Gasteiger partial charge on any atom is -0.504 e. The van der Waals surface area contributed by atoms with Gasteiger partial charge >= 0.3 is 5.97 Å². The Hall–Kier alpha value is -2.28. The smallest absolute Gasteiger partial charge is 0.323 e. The van der Waals surface area contributed by atoms with E-state index < -0.39 is 12.0 Å². The van der Waals surface area contributed by atoms with E-state index in [0.717, 1.165) is 12.0 Å². The molecule has 0 fully saturated rings. The van der Waals surface area contributed by atoms with Gasteiger partial charge in [-0.25, -0.2) is 0 Å². The van der Waals surface area contributed by atoms with Crippen molar-refractivity contribution in [1.29, 1.82) is 0 Å². The first-order valence-corrected chi connectivity index (χ1v) is 7.98. The third-order valence-corrected chi connectivity index (χ3v) is 4.19.